The van der Waals surface area contributed by atoms with Crippen LogP contribution >= 0.6 is 11.3 Å². The van der Waals surface area contributed by atoms with Crippen molar-refractivity contribution >= 4 is 28.8 Å². The number of para-hydroxylation sites is 1. The van der Waals surface area contributed by atoms with Gasteiger partial charge in [-0.3, -0.25) is 14.5 Å². The molecule has 1 fully saturated rings. The molecule has 24 heavy (non-hydrogen) atoms. The zero-order valence-corrected chi connectivity index (χ0v) is 14.1. The molecule has 0 radical (unpaired) electrons. The van der Waals surface area contributed by atoms with Gasteiger partial charge in [-0.1, -0.05) is 18.2 Å². The number of aromatic nitrogens is 1. The van der Waals surface area contributed by atoms with Gasteiger partial charge in [-0.2, -0.15) is 0 Å². The highest BCUT2D eigenvalue weighted by molar-refractivity contribution is 7.09. The lowest BCUT2D eigenvalue weighted by Gasteiger charge is -2.20. The summed E-state index contributed by atoms with van der Waals surface area (Å²) in [7, 11) is 0. The van der Waals surface area contributed by atoms with E-state index < -0.39 is 0 Å². The maximum atomic E-state index is 12.1. The molecule has 1 aromatic carbocycles. The van der Waals surface area contributed by atoms with Gasteiger partial charge in [0.05, 0.1) is 18.2 Å². The first-order valence-corrected chi connectivity index (χ1v) is 8.81. The van der Waals surface area contributed by atoms with E-state index in [0.717, 1.165) is 35.8 Å². The highest BCUT2D eigenvalue weighted by Gasteiger charge is 2.29. The first-order valence-electron chi connectivity index (χ1n) is 7.93. The molecule has 3 N–H and O–H groups in total. The number of carbonyl (C=O) groups is 2. The van der Waals surface area contributed by atoms with Gasteiger partial charge in [0.2, 0.25) is 11.8 Å². The number of thiazole rings is 1. The molecular formula is C17H20N4O2S. The molecule has 2 amide bonds. The normalized spacial score (nSPS) is 17.8. The number of nitrogens with zero attached hydrogens (tertiary/aromatic N) is 2. The van der Waals surface area contributed by atoms with Gasteiger partial charge in [0, 0.05) is 17.6 Å². The summed E-state index contributed by atoms with van der Waals surface area (Å²) in [5.41, 5.74) is 7.10. The zero-order valence-electron chi connectivity index (χ0n) is 13.3. The van der Waals surface area contributed by atoms with E-state index >= 15 is 0 Å². The number of carbonyl (C=O) groups excluding carboxylic acids is 2. The summed E-state index contributed by atoms with van der Waals surface area (Å²) in [6.45, 7) is 1.46. The van der Waals surface area contributed by atoms with E-state index in [4.69, 9.17) is 5.73 Å². The SMILES string of the molecule is NC(=O)[C@H]1CCCN1Cc1csc(CC(=O)Nc2ccccc2)n1. The van der Waals surface area contributed by atoms with Crippen LogP contribution in [-0.4, -0.2) is 34.3 Å². The van der Waals surface area contributed by atoms with Crippen LogP contribution in [0.3, 0.4) is 0 Å². The minimum atomic E-state index is -0.273. The second kappa shape index (κ2) is 7.55. The van der Waals surface area contributed by atoms with Crippen molar-refractivity contribution in [1.29, 1.82) is 0 Å². The summed E-state index contributed by atoms with van der Waals surface area (Å²) in [6.07, 6.45) is 2.04. The Bertz CT molecular complexity index is 716. The molecule has 1 saturated heterocycles. The number of anilines is 1. The third-order valence-electron chi connectivity index (χ3n) is 4.03. The fourth-order valence-corrected chi connectivity index (χ4v) is 3.70. The van der Waals surface area contributed by atoms with Crippen LogP contribution < -0.4 is 11.1 Å². The number of amides is 2. The Labute approximate surface area is 144 Å². The maximum Gasteiger partial charge on any atom is 0.234 e. The smallest absolute Gasteiger partial charge is 0.234 e. The summed E-state index contributed by atoms with van der Waals surface area (Å²) in [5.74, 6) is -0.358. The predicted octanol–water partition coefficient (Wildman–Crippen LogP) is 1.77. The van der Waals surface area contributed by atoms with Gasteiger partial charge in [-0.05, 0) is 31.5 Å². The Morgan fingerprint density at radius 1 is 1.33 bits per heavy atom. The highest BCUT2D eigenvalue weighted by atomic mass is 32.1. The number of primary amides is 1. The van der Waals surface area contributed by atoms with Gasteiger partial charge in [-0.15, -0.1) is 11.3 Å². The van der Waals surface area contributed by atoms with Crippen molar-refractivity contribution in [2.24, 2.45) is 5.73 Å². The molecule has 0 unspecified atom stereocenters. The lowest BCUT2D eigenvalue weighted by molar-refractivity contribution is -0.122. The molecule has 3 rings (SSSR count). The van der Waals surface area contributed by atoms with Crippen molar-refractivity contribution in [1.82, 2.24) is 9.88 Å². The van der Waals surface area contributed by atoms with Gasteiger partial charge in [0.15, 0.2) is 0 Å². The minimum absolute atomic E-state index is 0.0849. The average molecular weight is 344 g/mol. The summed E-state index contributed by atoms with van der Waals surface area (Å²) in [4.78, 5) is 30.1. The van der Waals surface area contributed by atoms with Crippen molar-refractivity contribution < 1.29 is 9.59 Å². The van der Waals surface area contributed by atoms with Crippen LogP contribution in [0.1, 0.15) is 23.5 Å². The molecule has 7 heteroatoms. The molecule has 1 atom stereocenters. The minimum Gasteiger partial charge on any atom is -0.368 e. The van der Waals surface area contributed by atoms with E-state index in [1.807, 2.05) is 35.7 Å². The van der Waals surface area contributed by atoms with Gasteiger partial charge in [0.1, 0.15) is 5.01 Å². The second-order valence-corrected chi connectivity index (χ2v) is 6.80. The van der Waals surface area contributed by atoms with Gasteiger partial charge >= 0.3 is 0 Å². The topological polar surface area (TPSA) is 88.3 Å². The lowest BCUT2D eigenvalue weighted by Crippen LogP contribution is -2.39. The molecule has 1 aromatic heterocycles. The summed E-state index contributed by atoms with van der Waals surface area (Å²) < 4.78 is 0. The number of rotatable bonds is 6. The van der Waals surface area contributed by atoms with E-state index in [0.29, 0.717) is 6.54 Å². The van der Waals surface area contributed by atoms with Crippen LogP contribution in [0.5, 0.6) is 0 Å². The molecule has 0 aliphatic carbocycles. The van der Waals surface area contributed by atoms with E-state index in [1.54, 1.807) is 0 Å². The fourth-order valence-electron chi connectivity index (χ4n) is 2.91. The first kappa shape index (κ1) is 16.6. The van der Waals surface area contributed by atoms with Crippen molar-refractivity contribution in [3.05, 3.63) is 46.4 Å². The quantitative estimate of drug-likeness (QED) is 0.836. The Morgan fingerprint density at radius 3 is 2.88 bits per heavy atom. The molecule has 6 nitrogen and oxygen atoms in total. The molecular weight excluding hydrogens is 324 g/mol. The number of nitrogens with two attached hydrogens (primary N) is 1. The monoisotopic (exact) mass is 344 g/mol. The van der Waals surface area contributed by atoms with Crippen molar-refractivity contribution in [2.45, 2.75) is 31.8 Å². The third-order valence-corrected chi connectivity index (χ3v) is 4.92. The third kappa shape index (κ3) is 4.18. The first-order chi connectivity index (χ1) is 11.6. The molecule has 0 spiro atoms. The van der Waals surface area contributed by atoms with Crippen LogP contribution in [0.25, 0.3) is 0 Å². The molecule has 2 aromatic rings. The van der Waals surface area contributed by atoms with Crippen molar-refractivity contribution in [3.63, 3.8) is 0 Å². The second-order valence-electron chi connectivity index (χ2n) is 5.85. The fraction of sp³-hybridized carbons (Fsp3) is 0.353. The number of benzene rings is 1. The van der Waals surface area contributed by atoms with Crippen LogP contribution in [0, 0.1) is 0 Å². The molecule has 126 valence electrons. The molecule has 0 bridgehead atoms. The van der Waals surface area contributed by atoms with Gasteiger partial charge in [0.25, 0.3) is 0 Å². The van der Waals surface area contributed by atoms with Gasteiger partial charge in [-0.25, -0.2) is 4.98 Å². The Hall–Kier alpha value is -2.25. The molecule has 1 aliphatic rings. The van der Waals surface area contributed by atoms with E-state index in [9.17, 15) is 9.59 Å². The van der Waals surface area contributed by atoms with Gasteiger partial charge < -0.3 is 11.1 Å². The zero-order chi connectivity index (χ0) is 16.9. The average Bonchev–Trinajstić information content (AvgIpc) is 3.18. The lowest BCUT2D eigenvalue weighted by atomic mass is 10.2. The predicted molar refractivity (Wildman–Crippen MR) is 93.5 cm³/mol. The van der Waals surface area contributed by atoms with E-state index in [1.165, 1.54) is 11.3 Å². The number of hydrogen-bond donors (Lipinski definition) is 2. The van der Waals surface area contributed by atoms with Crippen molar-refractivity contribution in [3.8, 4) is 0 Å². The van der Waals surface area contributed by atoms with Crippen LogP contribution in [0.15, 0.2) is 35.7 Å². The summed E-state index contributed by atoms with van der Waals surface area (Å²) in [5, 5.41) is 5.57. The summed E-state index contributed by atoms with van der Waals surface area (Å²) in [6, 6.07) is 9.16. The number of likely N-dealkylation sites (tertiary alicyclic amines) is 1. The van der Waals surface area contributed by atoms with E-state index in [2.05, 4.69) is 15.2 Å². The molecule has 1 aliphatic heterocycles. The highest BCUT2D eigenvalue weighted by Crippen LogP contribution is 2.21. The van der Waals surface area contributed by atoms with E-state index in [-0.39, 0.29) is 24.3 Å². The Morgan fingerprint density at radius 2 is 2.12 bits per heavy atom. The van der Waals surface area contributed by atoms with Crippen LogP contribution in [0.4, 0.5) is 5.69 Å². The Balaban J connectivity index is 1.55. The number of hydrogen-bond acceptors (Lipinski definition) is 5. The van der Waals surface area contributed by atoms with Crippen molar-refractivity contribution in [2.75, 3.05) is 11.9 Å². The standard InChI is InChI=1S/C17H20N4O2S/c18-17(23)14-7-4-8-21(14)10-13-11-24-16(20-13)9-15(22)19-12-5-2-1-3-6-12/h1-3,5-6,11,14H,4,7-10H2,(H2,18,23)(H,19,22)/t14-/m1/s1. The molecule has 0 saturated carbocycles. The summed E-state index contributed by atoms with van der Waals surface area (Å²) >= 11 is 1.47. The maximum absolute atomic E-state index is 12.1. The van der Waals surface area contributed by atoms with Crippen LogP contribution in [0.2, 0.25) is 0 Å². The Kier molecular flexibility index (Phi) is 5.22. The number of nitrogens with one attached hydrogen (secondary N) is 1. The molecule has 2 heterocycles. The van der Waals surface area contributed by atoms with Crippen LogP contribution in [-0.2, 0) is 22.6 Å². The largest absolute Gasteiger partial charge is 0.368 e.